The number of hydrogen-bond acceptors (Lipinski definition) is 4. The van der Waals surface area contributed by atoms with Crippen molar-refractivity contribution in [1.29, 1.82) is 0 Å². The molecule has 6 nitrogen and oxygen atoms in total. The summed E-state index contributed by atoms with van der Waals surface area (Å²) in [4.78, 5) is 15.0. The van der Waals surface area contributed by atoms with Crippen LogP contribution in [0.4, 0.5) is 0 Å². The van der Waals surface area contributed by atoms with E-state index in [9.17, 15) is 4.79 Å². The van der Waals surface area contributed by atoms with E-state index < -0.39 is 0 Å². The van der Waals surface area contributed by atoms with Crippen molar-refractivity contribution in [1.82, 2.24) is 15.1 Å². The third-order valence-electron chi connectivity index (χ3n) is 5.77. The zero-order chi connectivity index (χ0) is 22.2. The monoisotopic (exact) mass is 423 g/mol. The van der Waals surface area contributed by atoms with Crippen molar-refractivity contribution < 1.29 is 14.3 Å². The van der Waals surface area contributed by atoms with Crippen molar-refractivity contribution in [3.63, 3.8) is 0 Å². The number of carbonyl (C=O) groups is 1. The highest BCUT2D eigenvalue weighted by Crippen LogP contribution is 2.36. The summed E-state index contributed by atoms with van der Waals surface area (Å²) in [6, 6.07) is 0. The van der Waals surface area contributed by atoms with Gasteiger partial charge in [0, 0.05) is 30.3 Å². The number of nitrogens with one attached hydrogen (secondary N) is 1. The molecule has 1 aliphatic heterocycles. The van der Waals surface area contributed by atoms with Crippen LogP contribution in [0, 0.1) is 0 Å². The highest BCUT2D eigenvalue weighted by atomic mass is 16.5. The lowest BCUT2D eigenvalue weighted by atomic mass is 9.96. The molecule has 6 heteroatoms. The molecular formula is C25H33N3O3. The van der Waals surface area contributed by atoms with Gasteiger partial charge in [0.15, 0.2) is 0 Å². The number of fused-ring (bicyclic) bond motifs is 1. The summed E-state index contributed by atoms with van der Waals surface area (Å²) >= 11 is 0. The number of aromatic amines is 1. The highest BCUT2D eigenvalue weighted by Gasteiger charge is 2.29. The summed E-state index contributed by atoms with van der Waals surface area (Å²) in [7, 11) is 0. The summed E-state index contributed by atoms with van der Waals surface area (Å²) in [5, 5.41) is 6.94. The number of aromatic nitrogens is 2. The van der Waals surface area contributed by atoms with Gasteiger partial charge in [-0.3, -0.25) is 9.89 Å². The number of nitrogens with zero attached hydrogens (tertiary/aromatic N) is 2. The van der Waals surface area contributed by atoms with E-state index in [2.05, 4.69) is 22.9 Å². The van der Waals surface area contributed by atoms with Crippen molar-refractivity contribution in [2.45, 2.75) is 52.9 Å². The maximum atomic E-state index is 13.1. The Kier molecular flexibility index (Phi) is 7.93. The quantitative estimate of drug-likeness (QED) is 0.351. The molecular weight excluding hydrogens is 390 g/mol. The lowest BCUT2D eigenvalue weighted by Gasteiger charge is -2.27. The maximum Gasteiger partial charge on any atom is 0.227 e. The second kappa shape index (κ2) is 10.8. The Morgan fingerprint density at radius 2 is 2.26 bits per heavy atom. The summed E-state index contributed by atoms with van der Waals surface area (Å²) in [5.41, 5.74) is 5.21. The van der Waals surface area contributed by atoms with Gasteiger partial charge in [0.05, 0.1) is 25.1 Å². The van der Waals surface area contributed by atoms with Gasteiger partial charge in [-0.05, 0) is 63.7 Å². The van der Waals surface area contributed by atoms with Gasteiger partial charge in [0.2, 0.25) is 5.91 Å². The number of allylic oxidation sites excluding steroid dienone is 6. The number of rotatable bonds is 8. The summed E-state index contributed by atoms with van der Waals surface area (Å²) in [6.45, 7) is 11.6. The SMILES string of the molecule is C=C/C(C)=C(C)\C(=C/C)OCCCC(=O)N1CCCOC2=C(c3cn[nH]c3)CCC=C21. The van der Waals surface area contributed by atoms with Gasteiger partial charge in [-0.2, -0.15) is 5.10 Å². The van der Waals surface area contributed by atoms with Crippen molar-refractivity contribution >= 4 is 11.5 Å². The molecule has 0 bridgehead atoms. The van der Waals surface area contributed by atoms with Gasteiger partial charge < -0.3 is 14.4 Å². The first-order valence-corrected chi connectivity index (χ1v) is 11.0. The third kappa shape index (κ3) is 5.37. The van der Waals surface area contributed by atoms with Crippen LogP contribution in [0.15, 0.2) is 65.6 Å². The molecule has 1 amide bonds. The first-order chi connectivity index (χ1) is 15.1. The average molecular weight is 424 g/mol. The molecule has 3 rings (SSSR count). The Hall–Kier alpha value is -3.02. The smallest absolute Gasteiger partial charge is 0.227 e. The molecule has 0 aromatic carbocycles. The lowest BCUT2D eigenvalue weighted by Crippen LogP contribution is -2.32. The Balaban J connectivity index is 1.64. The Morgan fingerprint density at radius 3 is 2.97 bits per heavy atom. The molecule has 2 aliphatic rings. The van der Waals surface area contributed by atoms with E-state index in [0.717, 1.165) is 58.8 Å². The van der Waals surface area contributed by atoms with Crippen LogP contribution in [0.3, 0.4) is 0 Å². The molecule has 166 valence electrons. The predicted molar refractivity (Wildman–Crippen MR) is 123 cm³/mol. The zero-order valence-corrected chi connectivity index (χ0v) is 18.9. The number of H-pyrrole nitrogens is 1. The Bertz CT molecular complexity index is 920. The van der Waals surface area contributed by atoms with Gasteiger partial charge in [-0.15, -0.1) is 0 Å². The second-order valence-electron chi connectivity index (χ2n) is 7.79. The van der Waals surface area contributed by atoms with E-state index in [-0.39, 0.29) is 5.91 Å². The molecule has 0 atom stereocenters. The molecule has 1 N–H and O–H groups in total. The standard InChI is InChI=1S/C25H33N3O3/c1-5-18(3)19(4)23(6-2)30-14-8-12-24(29)28-13-9-15-31-25-21(10-7-11-22(25)28)20-16-26-27-17-20/h5-6,11,16-17H,1,7-10,12-15H2,2-4H3,(H,26,27)/b19-18-,23-6+. The minimum absolute atomic E-state index is 0.114. The topological polar surface area (TPSA) is 67.4 Å². The molecule has 1 aromatic rings. The molecule has 1 aromatic heterocycles. The fourth-order valence-corrected chi connectivity index (χ4v) is 3.87. The third-order valence-corrected chi connectivity index (χ3v) is 5.77. The number of amides is 1. The highest BCUT2D eigenvalue weighted by molar-refractivity contribution is 5.81. The van der Waals surface area contributed by atoms with Crippen molar-refractivity contribution in [2.24, 2.45) is 0 Å². The second-order valence-corrected chi connectivity index (χ2v) is 7.79. The van der Waals surface area contributed by atoms with Crippen molar-refractivity contribution in [2.75, 3.05) is 19.8 Å². The van der Waals surface area contributed by atoms with Crippen LogP contribution in [0.5, 0.6) is 0 Å². The fourth-order valence-electron chi connectivity index (χ4n) is 3.87. The number of ether oxygens (including phenoxy) is 2. The van der Waals surface area contributed by atoms with E-state index in [0.29, 0.717) is 32.6 Å². The molecule has 1 fully saturated rings. The molecule has 0 spiro atoms. The molecule has 0 unspecified atom stereocenters. The molecule has 1 aliphatic carbocycles. The number of carbonyl (C=O) groups excluding carboxylic acids is 1. The molecule has 0 saturated carbocycles. The average Bonchev–Trinajstić information content (AvgIpc) is 3.24. The maximum absolute atomic E-state index is 13.1. The van der Waals surface area contributed by atoms with Crippen LogP contribution < -0.4 is 0 Å². The van der Waals surface area contributed by atoms with E-state index >= 15 is 0 Å². The van der Waals surface area contributed by atoms with E-state index in [1.165, 1.54) is 0 Å². The molecule has 0 radical (unpaired) electrons. The first-order valence-electron chi connectivity index (χ1n) is 11.0. The summed E-state index contributed by atoms with van der Waals surface area (Å²) < 4.78 is 12.0. The van der Waals surface area contributed by atoms with Crippen LogP contribution in [0.25, 0.3) is 5.57 Å². The van der Waals surface area contributed by atoms with Crippen LogP contribution >= 0.6 is 0 Å². The largest absolute Gasteiger partial charge is 0.494 e. The molecule has 1 saturated heterocycles. The van der Waals surface area contributed by atoms with Gasteiger partial charge >= 0.3 is 0 Å². The Morgan fingerprint density at radius 1 is 1.42 bits per heavy atom. The predicted octanol–water partition coefficient (Wildman–Crippen LogP) is 5.27. The first kappa shape index (κ1) is 22.7. The zero-order valence-electron chi connectivity index (χ0n) is 18.9. The lowest BCUT2D eigenvalue weighted by molar-refractivity contribution is -0.129. The van der Waals surface area contributed by atoms with Crippen molar-refractivity contribution in [3.05, 3.63) is 71.1 Å². The van der Waals surface area contributed by atoms with Gasteiger partial charge in [-0.1, -0.05) is 18.7 Å². The van der Waals surface area contributed by atoms with Crippen LogP contribution in [0.2, 0.25) is 0 Å². The van der Waals surface area contributed by atoms with Crippen LogP contribution in [-0.2, 0) is 14.3 Å². The fraction of sp³-hybridized carbons (Fsp3) is 0.440. The van der Waals surface area contributed by atoms with E-state index in [1.807, 2.05) is 50.2 Å². The van der Waals surface area contributed by atoms with E-state index in [4.69, 9.17) is 9.47 Å². The number of hydrogen-bond donors (Lipinski definition) is 1. The Labute approximate surface area is 185 Å². The summed E-state index contributed by atoms with van der Waals surface area (Å²) in [5.74, 6) is 1.78. The molecule has 31 heavy (non-hydrogen) atoms. The van der Waals surface area contributed by atoms with Crippen molar-refractivity contribution in [3.8, 4) is 0 Å². The van der Waals surface area contributed by atoms with Gasteiger partial charge in [0.1, 0.15) is 11.5 Å². The van der Waals surface area contributed by atoms with Gasteiger partial charge in [-0.25, -0.2) is 0 Å². The van der Waals surface area contributed by atoms with Gasteiger partial charge in [0.25, 0.3) is 0 Å². The minimum atomic E-state index is 0.114. The molecule has 2 heterocycles. The van der Waals surface area contributed by atoms with Crippen LogP contribution in [-0.4, -0.2) is 40.8 Å². The minimum Gasteiger partial charge on any atom is -0.494 e. The van der Waals surface area contributed by atoms with Crippen LogP contribution in [0.1, 0.15) is 58.4 Å². The summed E-state index contributed by atoms with van der Waals surface area (Å²) in [6.07, 6.45) is 13.3. The van der Waals surface area contributed by atoms with E-state index in [1.54, 1.807) is 0 Å². The normalized spacial score (nSPS) is 17.8.